The van der Waals surface area contributed by atoms with Gasteiger partial charge in [0.05, 0.1) is 12.6 Å². The third kappa shape index (κ3) is 3.04. The summed E-state index contributed by atoms with van der Waals surface area (Å²) in [5, 5.41) is 10.1. The summed E-state index contributed by atoms with van der Waals surface area (Å²) in [7, 11) is 0. The van der Waals surface area contributed by atoms with Gasteiger partial charge in [-0.2, -0.15) is 0 Å². The molecule has 0 aliphatic carbocycles. The molecule has 2 aliphatic rings. The number of carbonyl (C=O) groups is 2. The summed E-state index contributed by atoms with van der Waals surface area (Å²) in [5.41, 5.74) is 1.06. The first kappa shape index (κ1) is 14.4. The normalized spacial score (nSPS) is 26.0. The number of amides is 1. The number of ketones is 1. The predicted molar refractivity (Wildman–Crippen MR) is 78.7 cm³/mol. The van der Waals surface area contributed by atoms with Gasteiger partial charge in [-0.05, 0) is 24.1 Å². The van der Waals surface area contributed by atoms with Crippen LogP contribution in [0.1, 0.15) is 12.0 Å². The molecule has 0 saturated carbocycles. The predicted octanol–water partition coefficient (Wildman–Crippen LogP) is 1.89. The molecular formula is C15H17ClN2O3. The molecule has 21 heavy (non-hydrogen) atoms. The third-order valence-electron chi connectivity index (χ3n) is 4.28. The highest BCUT2D eigenvalue weighted by molar-refractivity contribution is 6.30. The maximum Gasteiger partial charge on any atom is 0.407 e. The van der Waals surface area contributed by atoms with Crippen molar-refractivity contribution in [3.8, 4) is 0 Å². The molecule has 0 radical (unpaired) electrons. The van der Waals surface area contributed by atoms with Crippen molar-refractivity contribution in [2.45, 2.75) is 24.9 Å². The topological polar surface area (TPSA) is 60.9 Å². The Labute approximate surface area is 128 Å². The molecule has 2 fully saturated rings. The van der Waals surface area contributed by atoms with Crippen LogP contribution in [0.4, 0.5) is 4.79 Å². The molecule has 2 atom stereocenters. The van der Waals surface area contributed by atoms with E-state index in [1.165, 1.54) is 4.90 Å². The molecule has 1 amide bonds. The number of hydrogen-bond acceptors (Lipinski definition) is 3. The van der Waals surface area contributed by atoms with Crippen molar-refractivity contribution < 1.29 is 14.7 Å². The second-order valence-electron chi connectivity index (χ2n) is 5.75. The van der Waals surface area contributed by atoms with Crippen molar-refractivity contribution in [3.05, 3.63) is 34.9 Å². The molecule has 0 aromatic heterocycles. The summed E-state index contributed by atoms with van der Waals surface area (Å²) >= 11 is 5.87. The molecule has 3 rings (SSSR count). The molecule has 1 aromatic rings. The highest BCUT2D eigenvalue weighted by Gasteiger charge is 2.41. The Kier molecular flexibility index (Phi) is 3.87. The second-order valence-corrected chi connectivity index (χ2v) is 6.18. The highest BCUT2D eigenvalue weighted by atomic mass is 35.5. The van der Waals surface area contributed by atoms with Crippen molar-refractivity contribution in [3.63, 3.8) is 0 Å². The Morgan fingerprint density at radius 2 is 2.00 bits per heavy atom. The van der Waals surface area contributed by atoms with Crippen LogP contribution >= 0.6 is 11.6 Å². The summed E-state index contributed by atoms with van der Waals surface area (Å²) in [5.74, 6) is 0.206. The summed E-state index contributed by atoms with van der Waals surface area (Å²) in [6.45, 7) is 1.49. The molecule has 5 nitrogen and oxygen atoms in total. The number of benzene rings is 1. The van der Waals surface area contributed by atoms with Gasteiger partial charge in [0.15, 0.2) is 0 Å². The van der Waals surface area contributed by atoms with Crippen molar-refractivity contribution in [1.82, 2.24) is 9.80 Å². The average molecular weight is 309 g/mol. The molecular weight excluding hydrogens is 292 g/mol. The first-order chi connectivity index (χ1) is 10.0. The van der Waals surface area contributed by atoms with Crippen LogP contribution in [0.5, 0.6) is 0 Å². The van der Waals surface area contributed by atoms with Crippen molar-refractivity contribution in [1.29, 1.82) is 0 Å². The number of hydrogen-bond donors (Lipinski definition) is 1. The molecule has 2 aliphatic heterocycles. The van der Waals surface area contributed by atoms with E-state index in [1.54, 1.807) is 0 Å². The number of Topliss-reactive ketones (excluding diaryl/α,β-unsaturated/α-hetero) is 1. The molecule has 2 saturated heterocycles. The lowest BCUT2D eigenvalue weighted by atomic mass is 10.0. The van der Waals surface area contributed by atoms with E-state index in [0.29, 0.717) is 37.5 Å². The lowest BCUT2D eigenvalue weighted by Crippen LogP contribution is -2.58. The molecule has 6 heteroatoms. The van der Waals surface area contributed by atoms with Crippen LogP contribution in [-0.4, -0.2) is 58.5 Å². The van der Waals surface area contributed by atoms with Gasteiger partial charge in [0.2, 0.25) is 0 Å². The van der Waals surface area contributed by atoms with E-state index in [0.717, 1.165) is 5.56 Å². The number of carbonyl (C=O) groups excluding carboxylic acids is 1. The highest BCUT2D eigenvalue weighted by Crippen LogP contribution is 2.25. The van der Waals surface area contributed by atoms with Gasteiger partial charge in [0, 0.05) is 30.6 Å². The summed E-state index contributed by atoms with van der Waals surface area (Å²) < 4.78 is 0. The van der Waals surface area contributed by atoms with Gasteiger partial charge in [-0.1, -0.05) is 23.7 Å². The van der Waals surface area contributed by atoms with E-state index < -0.39 is 6.09 Å². The van der Waals surface area contributed by atoms with E-state index >= 15 is 0 Å². The van der Waals surface area contributed by atoms with E-state index in [2.05, 4.69) is 4.90 Å². The number of nitrogens with zero attached hydrogens (tertiary/aromatic N) is 2. The van der Waals surface area contributed by atoms with E-state index in [-0.39, 0.29) is 17.9 Å². The van der Waals surface area contributed by atoms with Crippen molar-refractivity contribution >= 4 is 23.5 Å². The zero-order valence-electron chi connectivity index (χ0n) is 11.5. The lowest BCUT2D eigenvalue weighted by Gasteiger charge is -2.41. The molecule has 112 valence electrons. The van der Waals surface area contributed by atoms with Crippen LogP contribution in [0, 0.1) is 0 Å². The Balaban J connectivity index is 1.76. The van der Waals surface area contributed by atoms with Crippen LogP contribution in [0.25, 0.3) is 0 Å². The second kappa shape index (κ2) is 5.66. The largest absolute Gasteiger partial charge is 0.465 e. The SMILES string of the molecule is O=C1C[C@H]2CN(C(=O)O)[C@@H](Cc3ccc(Cl)cc3)CN2C1. The van der Waals surface area contributed by atoms with Crippen LogP contribution in [-0.2, 0) is 11.2 Å². The third-order valence-corrected chi connectivity index (χ3v) is 4.53. The number of carboxylic acid groups (broad SMARTS) is 1. The maximum absolute atomic E-state index is 11.6. The molecule has 1 aromatic carbocycles. The lowest BCUT2D eigenvalue weighted by molar-refractivity contribution is -0.116. The van der Waals surface area contributed by atoms with Gasteiger partial charge < -0.3 is 10.0 Å². The summed E-state index contributed by atoms with van der Waals surface area (Å²) in [6, 6.07) is 7.40. The quantitative estimate of drug-likeness (QED) is 0.906. The summed E-state index contributed by atoms with van der Waals surface area (Å²) in [6.07, 6.45) is 0.200. The van der Waals surface area contributed by atoms with Crippen molar-refractivity contribution in [2.75, 3.05) is 19.6 Å². The molecule has 0 unspecified atom stereocenters. The minimum absolute atomic E-state index is 0.0510. The van der Waals surface area contributed by atoms with Gasteiger partial charge in [-0.3, -0.25) is 9.69 Å². The average Bonchev–Trinajstić information content (AvgIpc) is 2.79. The van der Waals surface area contributed by atoms with Crippen molar-refractivity contribution in [2.24, 2.45) is 0 Å². The zero-order valence-corrected chi connectivity index (χ0v) is 12.3. The summed E-state index contributed by atoms with van der Waals surface area (Å²) in [4.78, 5) is 26.6. The van der Waals surface area contributed by atoms with Crippen LogP contribution in [0.15, 0.2) is 24.3 Å². The van der Waals surface area contributed by atoms with E-state index in [4.69, 9.17) is 11.6 Å². The minimum Gasteiger partial charge on any atom is -0.465 e. The smallest absolute Gasteiger partial charge is 0.407 e. The first-order valence-corrected chi connectivity index (χ1v) is 7.40. The molecule has 1 N–H and O–H groups in total. The van der Waals surface area contributed by atoms with E-state index in [9.17, 15) is 14.7 Å². The standard InChI is InChI=1S/C15H17ClN2O3/c16-11-3-1-10(2-4-11)5-13-7-17-9-14(19)6-12(17)8-18(13)15(20)21/h1-4,12-13H,5-9H2,(H,20,21)/t12-,13-/m0/s1. The Morgan fingerprint density at radius 3 is 2.67 bits per heavy atom. The fraction of sp³-hybridized carbons (Fsp3) is 0.467. The van der Waals surface area contributed by atoms with Gasteiger partial charge in [0.25, 0.3) is 0 Å². The fourth-order valence-electron chi connectivity index (χ4n) is 3.25. The Hall–Kier alpha value is -1.59. The van der Waals surface area contributed by atoms with Crippen LogP contribution in [0.3, 0.4) is 0 Å². The monoisotopic (exact) mass is 308 g/mol. The van der Waals surface area contributed by atoms with Gasteiger partial charge in [-0.15, -0.1) is 0 Å². The molecule has 0 spiro atoms. The zero-order chi connectivity index (χ0) is 15.0. The number of piperazine rings is 1. The Bertz CT molecular complexity index is 561. The minimum atomic E-state index is -0.909. The number of rotatable bonds is 2. The fourth-order valence-corrected chi connectivity index (χ4v) is 3.38. The number of halogens is 1. The van der Waals surface area contributed by atoms with Gasteiger partial charge in [0.1, 0.15) is 5.78 Å². The molecule has 2 heterocycles. The first-order valence-electron chi connectivity index (χ1n) is 7.02. The van der Waals surface area contributed by atoms with Gasteiger partial charge >= 0.3 is 6.09 Å². The van der Waals surface area contributed by atoms with Gasteiger partial charge in [-0.25, -0.2) is 4.79 Å². The Morgan fingerprint density at radius 1 is 1.29 bits per heavy atom. The number of fused-ring (bicyclic) bond motifs is 1. The van der Waals surface area contributed by atoms with Crippen LogP contribution in [0.2, 0.25) is 5.02 Å². The van der Waals surface area contributed by atoms with E-state index in [1.807, 2.05) is 24.3 Å². The van der Waals surface area contributed by atoms with Crippen LogP contribution < -0.4 is 0 Å². The maximum atomic E-state index is 11.6. The molecule has 0 bridgehead atoms.